The Kier molecular flexibility index (Phi) is 7.21. The van der Waals surface area contributed by atoms with Crippen LogP contribution in [0.25, 0.3) is 116 Å². The summed E-state index contributed by atoms with van der Waals surface area (Å²) in [5.41, 5.74) is 7.79. The minimum Gasteiger partial charge on any atom is -0.482 e. The first kappa shape index (κ1) is 35.3. The van der Waals surface area contributed by atoms with Gasteiger partial charge in [0.25, 0.3) is 0 Å². The van der Waals surface area contributed by atoms with Gasteiger partial charge in [0.2, 0.25) is 0 Å². The highest BCUT2D eigenvalue weighted by Crippen LogP contribution is 2.49. The molecule has 0 saturated heterocycles. The molecule has 64 heavy (non-hydrogen) atoms. The van der Waals surface area contributed by atoms with Gasteiger partial charge in [-0.05, 0) is 99.9 Å². The Balaban J connectivity index is 1.09. The molecule has 9 aromatic carbocycles. The van der Waals surface area contributed by atoms with Gasteiger partial charge in [-0.25, -0.2) is 15.0 Å². The van der Waals surface area contributed by atoms with Crippen LogP contribution in [0.4, 0.5) is 0 Å². The first-order chi connectivity index (χ1) is 31.5. The molecule has 0 saturated carbocycles. The molecule has 6 nitrogen and oxygen atoms in total. The first-order valence-electron chi connectivity index (χ1n) is 21.8. The van der Waals surface area contributed by atoms with Crippen LogP contribution in [-0.4, -0.2) is 25.1 Å². The van der Waals surface area contributed by atoms with Gasteiger partial charge in [-0.2, -0.15) is 0 Å². The standard InChI is InChI=1S/C58H36N4O2/c1-58-27-11-10-19-47(58)44-24-23-41(33-52(44)64-58)56-59-55(40-22-21-34-12-2-3-13-35(34)28-40)60-57(61-56)53-48(26-25-43-42-18-8-9-20-51(42)63-54(43)53)62-49-31-38-16-6-4-14-36(38)29-45(49)46-30-37-15-5-7-17-39(37)32-50(46)62/h2-33,47H,1H3. The molecule has 0 fully saturated rings. The number of benzene rings is 9. The van der Waals surface area contributed by atoms with Crippen LogP contribution >= 0.6 is 0 Å². The summed E-state index contributed by atoms with van der Waals surface area (Å²) >= 11 is 0. The molecule has 6 heteroatoms. The van der Waals surface area contributed by atoms with Gasteiger partial charge in [-0.1, -0.05) is 133 Å². The normalized spacial score (nSPS) is 16.7. The van der Waals surface area contributed by atoms with Gasteiger partial charge in [-0.3, -0.25) is 0 Å². The highest BCUT2D eigenvalue weighted by molar-refractivity contribution is 6.18. The number of furan rings is 1. The third-order valence-corrected chi connectivity index (χ3v) is 13.5. The third kappa shape index (κ3) is 5.17. The lowest BCUT2D eigenvalue weighted by Gasteiger charge is -2.27. The number of aromatic nitrogens is 4. The van der Waals surface area contributed by atoms with E-state index < -0.39 is 5.60 Å². The van der Waals surface area contributed by atoms with E-state index in [1.807, 2.05) is 12.1 Å². The van der Waals surface area contributed by atoms with Gasteiger partial charge in [0.05, 0.1) is 22.3 Å². The smallest absolute Gasteiger partial charge is 0.170 e. The Hall–Kier alpha value is -8.35. The minimum absolute atomic E-state index is 0.123. The maximum atomic E-state index is 6.97. The summed E-state index contributed by atoms with van der Waals surface area (Å²) < 4.78 is 16.1. The van der Waals surface area contributed by atoms with E-state index in [9.17, 15) is 0 Å². The van der Waals surface area contributed by atoms with Crippen LogP contribution in [0.5, 0.6) is 5.75 Å². The fourth-order valence-electron chi connectivity index (χ4n) is 10.4. The van der Waals surface area contributed by atoms with Crippen LogP contribution in [0.3, 0.4) is 0 Å². The molecular formula is C58H36N4O2. The molecule has 0 spiro atoms. The Labute approximate surface area is 367 Å². The average molecular weight is 821 g/mol. The quantitative estimate of drug-likeness (QED) is 0.177. The lowest BCUT2D eigenvalue weighted by Crippen LogP contribution is -2.32. The van der Waals surface area contributed by atoms with Crippen molar-refractivity contribution in [1.82, 2.24) is 19.5 Å². The van der Waals surface area contributed by atoms with Gasteiger partial charge in [0.15, 0.2) is 17.5 Å². The van der Waals surface area contributed by atoms with Crippen LogP contribution in [0.1, 0.15) is 18.4 Å². The second-order valence-electron chi connectivity index (χ2n) is 17.3. The maximum Gasteiger partial charge on any atom is 0.170 e. The fourth-order valence-corrected chi connectivity index (χ4v) is 10.4. The molecule has 300 valence electrons. The molecule has 0 bridgehead atoms. The number of para-hydroxylation sites is 1. The van der Waals surface area contributed by atoms with Crippen molar-refractivity contribution in [1.29, 1.82) is 0 Å². The van der Waals surface area contributed by atoms with Crippen LogP contribution in [0.2, 0.25) is 0 Å². The van der Waals surface area contributed by atoms with Crippen LogP contribution in [0, 0.1) is 0 Å². The second-order valence-corrected chi connectivity index (χ2v) is 17.3. The molecule has 0 amide bonds. The highest BCUT2D eigenvalue weighted by Gasteiger charge is 2.42. The Bertz CT molecular complexity index is 3950. The molecule has 4 heterocycles. The van der Waals surface area contributed by atoms with Crippen molar-refractivity contribution in [2.45, 2.75) is 18.4 Å². The summed E-state index contributed by atoms with van der Waals surface area (Å²) in [4.78, 5) is 16.2. The number of ether oxygens (including phenoxy) is 1. The molecule has 14 rings (SSSR count). The summed E-state index contributed by atoms with van der Waals surface area (Å²) in [6.07, 6.45) is 8.53. The van der Waals surface area contributed by atoms with Gasteiger partial charge in [0, 0.05) is 44.2 Å². The van der Waals surface area contributed by atoms with Crippen LogP contribution < -0.4 is 4.74 Å². The Morgan fingerprint density at radius 2 is 1.09 bits per heavy atom. The van der Waals surface area contributed by atoms with E-state index in [-0.39, 0.29) is 5.92 Å². The van der Waals surface area contributed by atoms with Crippen molar-refractivity contribution >= 4 is 76.1 Å². The Morgan fingerprint density at radius 3 is 1.81 bits per heavy atom. The Morgan fingerprint density at radius 1 is 0.500 bits per heavy atom. The van der Waals surface area contributed by atoms with E-state index in [1.54, 1.807) is 0 Å². The van der Waals surface area contributed by atoms with Crippen molar-refractivity contribution in [3.8, 4) is 45.6 Å². The molecular weight excluding hydrogens is 785 g/mol. The van der Waals surface area contributed by atoms with E-state index >= 15 is 0 Å². The van der Waals surface area contributed by atoms with Crippen LogP contribution in [-0.2, 0) is 0 Å². The average Bonchev–Trinajstić information content (AvgIpc) is 3.97. The number of nitrogens with zero attached hydrogens (tertiary/aromatic N) is 4. The topological polar surface area (TPSA) is 66.0 Å². The lowest BCUT2D eigenvalue weighted by atomic mass is 9.82. The molecule has 2 aliphatic rings. The van der Waals surface area contributed by atoms with Crippen molar-refractivity contribution in [3.05, 3.63) is 200 Å². The molecule has 0 N–H and O–H groups in total. The van der Waals surface area contributed by atoms with Gasteiger partial charge in [0.1, 0.15) is 22.5 Å². The summed E-state index contributed by atoms with van der Waals surface area (Å²) in [5.74, 6) is 2.58. The molecule has 3 aromatic heterocycles. The van der Waals surface area contributed by atoms with E-state index in [2.05, 4.69) is 194 Å². The monoisotopic (exact) mass is 820 g/mol. The van der Waals surface area contributed by atoms with Gasteiger partial charge < -0.3 is 13.7 Å². The molecule has 12 aromatic rings. The number of fused-ring (bicyclic) bond motifs is 12. The fraction of sp³-hybridized carbons (Fsp3) is 0.0517. The van der Waals surface area contributed by atoms with Crippen molar-refractivity contribution < 1.29 is 9.15 Å². The molecule has 2 unspecified atom stereocenters. The number of allylic oxidation sites excluding steroid dienone is 2. The highest BCUT2D eigenvalue weighted by atomic mass is 16.5. The predicted molar refractivity (Wildman–Crippen MR) is 260 cm³/mol. The van der Waals surface area contributed by atoms with Gasteiger partial charge in [-0.15, -0.1) is 0 Å². The second kappa shape index (κ2) is 13.1. The van der Waals surface area contributed by atoms with E-state index in [0.29, 0.717) is 23.1 Å². The molecule has 0 radical (unpaired) electrons. The summed E-state index contributed by atoms with van der Waals surface area (Å²) in [5, 5.41) is 11.3. The lowest BCUT2D eigenvalue weighted by molar-refractivity contribution is 0.155. The van der Waals surface area contributed by atoms with E-state index in [0.717, 1.165) is 82.6 Å². The zero-order chi connectivity index (χ0) is 42.1. The third-order valence-electron chi connectivity index (χ3n) is 13.5. The summed E-state index contributed by atoms with van der Waals surface area (Å²) in [7, 11) is 0. The molecule has 2 atom stereocenters. The maximum absolute atomic E-state index is 6.97. The largest absolute Gasteiger partial charge is 0.482 e. The predicted octanol–water partition coefficient (Wildman–Crippen LogP) is 14.7. The summed E-state index contributed by atoms with van der Waals surface area (Å²) in [6.45, 7) is 2.14. The zero-order valence-electron chi connectivity index (χ0n) is 34.7. The molecule has 1 aliphatic carbocycles. The number of hydrogen-bond donors (Lipinski definition) is 0. The van der Waals surface area contributed by atoms with Gasteiger partial charge >= 0.3 is 0 Å². The summed E-state index contributed by atoms with van der Waals surface area (Å²) in [6, 6.07) is 60.3. The van der Waals surface area contributed by atoms with E-state index in [1.165, 1.54) is 21.5 Å². The van der Waals surface area contributed by atoms with Crippen LogP contribution in [0.15, 0.2) is 199 Å². The minimum atomic E-state index is -0.457. The molecule has 1 aliphatic heterocycles. The number of hydrogen-bond acceptors (Lipinski definition) is 5. The first-order valence-corrected chi connectivity index (χ1v) is 21.8. The van der Waals surface area contributed by atoms with E-state index in [4.69, 9.17) is 24.1 Å². The SMILES string of the molecule is CC12C=CC=CC1c1ccc(-c3nc(-c4ccc5ccccc5c4)nc(-c4c(-n5c6cc7ccccc7cc6c6cc7ccccc7cc65)ccc5c4oc4ccccc45)n3)cc1O2. The number of rotatable bonds is 4. The van der Waals surface area contributed by atoms with Crippen molar-refractivity contribution in [3.63, 3.8) is 0 Å². The van der Waals surface area contributed by atoms with Crippen molar-refractivity contribution in [2.75, 3.05) is 0 Å². The zero-order valence-corrected chi connectivity index (χ0v) is 34.7. The van der Waals surface area contributed by atoms with Crippen molar-refractivity contribution in [2.24, 2.45) is 0 Å².